The molecule has 0 saturated carbocycles. The quantitative estimate of drug-likeness (QED) is 0.483. The number of rotatable bonds is 7. The third-order valence-corrected chi connectivity index (χ3v) is 5.93. The van der Waals surface area contributed by atoms with Crippen molar-refractivity contribution in [1.29, 1.82) is 0 Å². The molecule has 7 nitrogen and oxygen atoms in total. The Bertz CT molecular complexity index is 1100. The van der Waals surface area contributed by atoms with E-state index in [9.17, 15) is 9.59 Å². The lowest BCUT2D eigenvalue weighted by Crippen LogP contribution is -2.29. The molecule has 3 aromatic rings. The maximum atomic E-state index is 12.6. The molecule has 10 heteroatoms. The summed E-state index contributed by atoms with van der Waals surface area (Å²) in [5.74, 6) is 0.308. The van der Waals surface area contributed by atoms with Gasteiger partial charge in [-0.1, -0.05) is 53.2 Å². The second kappa shape index (κ2) is 10.2. The minimum absolute atomic E-state index is 0.125. The highest BCUT2D eigenvalue weighted by molar-refractivity contribution is 7.99. The Hall–Kier alpha value is -2.55. The van der Waals surface area contributed by atoms with Crippen LogP contribution in [0.25, 0.3) is 0 Å². The maximum Gasteiger partial charge on any atom is 0.252 e. The lowest BCUT2D eigenvalue weighted by molar-refractivity contribution is -0.113. The average molecular weight is 478 g/mol. The van der Waals surface area contributed by atoms with Crippen molar-refractivity contribution in [2.75, 3.05) is 11.1 Å². The molecule has 2 aromatic carbocycles. The van der Waals surface area contributed by atoms with Crippen LogP contribution in [0.1, 0.15) is 34.7 Å². The van der Waals surface area contributed by atoms with Crippen molar-refractivity contribution >= 4 is 52.5 Å². The van der Waals surface area contributed by atoms with E-state index in [2.05, 4.69) is 20.8 Å². The molecule has 0 bridgehead atoms. The summed E-state index contributed by atoms with van der Waals surface area (Å²) < 4.78 is 1.76. The Morgan fingerprint density at radius 1 is 1.13 bits per heavy atom. The lowest BCUT2D eigenvalue weighted by Gasteiger charge is -2.14. The number of aromatic nitrogens is 3. The van der Waals surface area contributed by atoms with Crippen molar-refractivity contribution in [1.82, 2.24) is 20.1 Å². The van der Waals surface area contributed by atoms with Crippen molar-refractivity contribution in [3.8, 4) is 0 Å². The molecule has 0 aliphatic heterocycles. The Kier molecular flexibility index (Phi) is 7.59. The molecule has 0 fully saturated rings. The van der Waals surface area contributed by atoms with Gasteiger partial charge in [-0.3, -0.25) is 9.59 Å². The van der Waals surface area contributed by atoms with Gasteiger partial charge in [-0.15, -0.1) is 10.2 Å². The number of nitrogens with one attached hydrogen (secondary N) is 2. The van der Waals surface area contributed by atoms with Crippen LogP contribution in [0, 0.1) is 6.92 Å². The monoisotopic (exact) mass is 477 g/mol. The van der Waals surface area contributed by atoms with E-state index in [4.69, 9.17) is 23.2 Å². The SMILES string of the molecule is Cc1ccccc1C(=O)N[C@@H](C)c1nnc(SCC(=O)Nc2cc(Cl)cc(Cl)c2)n1C. The molecule has 1 heterocycles. The molecule has 0 aliphatic carbocycles. The molecule has 1 aromatic heterocycles. The van der Waals surface area contributed by atoms with Crippen LogP contribution in [0.4, 0.5) is 5.69 Å². The first-order valence-corrected chi connectivity index (χ1v) is 11.1. The zero-order chi connectivity index (χ0) is 22.5. The van der Waals surface area contributed by atoms with Gasteiger partial charge in [0.25, 0.3) is 5.91 Å². The second-order valence-corrected chi connectivity index (χ2v) is 8.72. The van der Waals surface area contributed by atoms with E-state index in [1.54, 1.807) is 35.9 Å². The molecule has 3 rings (SSSR count). The smallest absolute Gasteiger partial charge is 0.252 e. The molecule has 0 aliphatic rings. The summed E-state index contributed by atoms with van der Waals surface area (Å²) in [7, 11) is 1.79. The topological polar surface area (TPSA) is 88.9 Å². The number of carbonyl (C=O) groups excluding carboxylic acids is 2. The normalized spacial score (nSPS) is 11.8. The van der Waals surface area contributed by atoms with E-state index in [0.717, 1.165) is 5.56 Å². The van der Waals surface area contributed by atoms with Crippen LogP contribution in [0.3, 0.4) is 0 Å². The fourth-order valence-corrected chi connectivity index (χ4v) is 4.19. The van der Waals surface area contributed by atoms with E-state index >= 15 is 0 Å². The van der Waals surface area contributed by atoms with E-state index < -0.39 is 0 Å². The van der Waals surface area contributed by atoms with E-state index in [0.29, 0.717) is 32.3 Å². The molecule has 162 valence electrons. The van der Waals surface area contributed by atoms with Gasteiger partial charge in [0.1, 0.15) is 0 Å². The third kappa shape index (κ3) is 6.00. The molecule has 0 unspecified atom stereocenters. The zero-order valence-corrected chi connectivity index (χ0v) is 19.5. The number of hydrogen-bond donors (Lipinski definition) is 2. The number of aryl methyl sites for hydroxylation is 1. The number of benzene rings is 2. The number of amides is 2. The number of carbonyl (C=O) groups is 2. The van der Waals surface area contributed by atoms with Gasteiger partial charge in [0.15, 0.2) is 11.0 Å². The van der Waals surface area contributed by atoms with Crippen LogP contribution >= 0.6 is 35.0 Å². The van der Waals surface area contributed by atoms with Gasteiger partial charge in [-0.2, -0.15) is 0 Å². The number of halogens is 2. The summed E-state index contributed by atoms with van der Waals surface area (Å²) >= 11 is 13.1. The molecular weight excluding hydrogens is 457 g/mol. The lowest BCUT2D eigenvalue weighted by atomic mass is 10.1. The van der Waals surface area contributed by atoms with Gasteiger partial charge in [0.05, 0.1) is 11.8 Å². The van der Waals surface area contributed by atoms with Crippen molar-refractivity contribution in [3.63, 3.8) is 0 Å². The number of hydrogen-bond acceptors (Lipinski definition) is 5. The summed E-state index contributed by atoms with van der Waals surface area (Å²) in [5, 5.41) is 15.5. The Labute approximate surface area is 194 Å². The largest absolute Gasteiger partial charge is 0.342 e. The summed E-state index contributed by atoms with van der Waals surface area (Å²) in [6, 6.07) is 11.9. The Morgan fingerprint density at radius 2 is 1.81 bits per heavy atom. The van der Waals surface area contributed by atoms with Crippen LogP contribution < -0.4 is 10.6 Å². The molecule has 2 amide bonds. The van der Waals surface area contributed by atoms with Crippen molar-refractivity contribution < 1.29 is 9.59 Å². The van der Waals surface area contributed by atoms with Crippen LogP contribution in [0.5, 0.6) is 0 Å². The van der Waals surface area contributed by atoms with Crippen LogP contribution in [0.2, 0.25) is 10.0 Å². The maximum absolute atomic E-state index is 12.6. The van der Waals surface area contributed by atoms with Crippen LogP contribution in [0.15, 0.2) is 47.6 Å². The van der Waals surface area contributed by atoms with E-state index in [1.165, 1.54) is 11.8 Å². The standard InChI is InChI=1S/C21H21Cl2N5O2S/c1-12-6-4-5-7-17(12)20(30)24-13(2)19-26-27-21(28(19)3)31-11-18(29)25-16-9-14(22)8-15(23)10-16/h4-10,13H,11H2,1-3H3,(H,24,30)(H,25,29)/t13-/m0/s1. The number of thioether (sulfide) groups is 1. The van der Waals surface area contributed by atoms with Gasteiger partial charge in [0.2, 0.25) is 5.91 Å². The first-order chi connectivity index (χ1) is 14.7. The molecule has 0 saturated heterocycles. The Balaban J connectivity index is 1.59. The summed E-state index contributed by atoms with van der Waals surface area (Å²) in [5.41, 5.74) is 2.03. The first kappa shape index (κ1) is 23.1. The summed E-state index contributed by atoms with van der Waals surface area (Å²) in [6.45, 7) is 3.73. The fraction of sp³-hybridized carbons (Fsp3) is 0.238. The van der Waals surface area contributed by atoms with Gasteiger partial charge in [0, 0.05) is 28.3 Å². The fourth-order valence-electron chi connectivity index (χ4n) is 2.95. The third-order valence-electron chi connectivity index (χ3n) is 4.47. The molecule has 31 heavy (non-hydrogen) atoms. The summed E-state index contributed by atoms with van der Waals surface area (Å²) in [4.78, 5) is 24.8. The average Bonchev–Trinajstić information content (AvgIpc) is 3.06. The minimum atomic E-state index is -0.360. The minimum Gasteiger partial charge on any atom is -0.342 e. The van der Waals surface area contributed by atoms with Crippen LogP contribution in [-0.4, -0.2) is 32.3 Å². The van der Waals surface area contributed by atoms with Crippen molar-refractivity contribution in [3.05, 3.63) is 69.5 Å². The second-order valence-electron chi connectivity index (χ2n) is 6.90. The van der Waals surface area contributed by atoms with Crippen molar-refractivity contribution in [2.45, 2.75) is 25.0 Å². The number of nitrogens with zero attached hydrogens (tertiary/aromatic N) is 3. The zero-order valence-electron chi connectivity index (χ0n) is 17.1. The van der Waals surface area contributed by atoms with E-state index in [1.807, 2.05) is 32.0 Å². The molecule has 0 spiro atoms. The summed E-state index contributed by atoms with van der Waals surface area (Å²) in [6.07, 6.45) is 0. The first-order valence-electron chi connectivity index (χ1n) is 9.39. The molecular formula is C21H21Cl2N5O2S. The highest BCUT2D eigenvalue weighted by Gasteiger charge is 2.19. The Morgan fingerprint density at radius 3 is 2.48 bits per heavy atom. The molecule has 1 atom stereocenters. The van der Waals surface area contributed by atoms with Crippen molar-refractivity contribution in [2.24, 2.45) is 7.05 Å². The molecule has 0 radical (unpaired) electrons. The van der Waals surface area contributed by atoms with Crippen LogP contribution in [-0.2, 0) is 11.8 Å². The molecule has 2 N–H and O–H groups in total. The highest BCUT2D eigenvalue weighted by Crippen LogP contribution is 2.24. The highest BCUT2D eigenvalue weighted by atomic mass is 35.5. The number of anilines is 1. The van der Waals surface area contributed by atoms with E-state index in [-0.39, 0.29) is 23.6 Å². The van der Waals surface area contributed by atoms with Gasteiger partial charge in [-0.25, -0.2) is 0 Å². The van der Waals surface area contributed by atoms with Gasteiger partial charge < -0.3 is 15.2 Å². The predicted molar refractivity (Wildman–Crippen MR) is 124 cm³/mol. The van der Waals surface area contributed by atoms with Gasteiger partial charge >= 0.3 is 0 Å². The van der Waals surface area contributed by atoms with Gasteiger partial charge in [-0.05, 0) is 43.7 Å². The predicted octanol–water partition coefficient (Wildman–Crippen LogP) is 4.65.